The Morgan fingerprint density at radius 1 is 1.21 bits per heavy atom. The number of carbonyl (C=O) groups is 2. The smallest absolute Gasteiger partial charge is 0.325 e. The molecule has 1 atom stereocenters. The largest absolute Gasteiger partial charge is 0.465 e. The molecule has 3 rings (SSSR count). The molecule has 29 heavy (non-hydrogen) atoms. The number of esters is 1. The third kappa shape index (κ3) is 5.21. The summed E-state index contributed by atoms with van der Waals surface area (Å²) >= 11 is 12.7. The maximum absolute atomic E-state index is 12.3. The molecule has 0 saturated carbocycles. The molecule has 0 saturated heterocycles. The molecule has 154 valence electrons. The molecule has 0 radical (unpaired) electrons. The van der Waals surface area contributed by atoms with Gasteiger partial charge in [-0.2, -0.15) is 0 Å². The molecule has 0 aliphatic carbocycles. The van der Waals surface area contributed by atoms with Gasteiger partial charge >= 0.3 is 12.0 Å². The van der Waals surface area contributed by atoms with Crippen molar-refractivity contribution in [2.75, 3.05) is 32.1 Å². The molecule has 0 bridgehead atoms. The Hall–Kier alpha value is -2.28. The average Bonchev–Trinajstić information content (AvgIpc) is 2.67. The van der Waals surface area contributed by atoms with Gasteiger partial charge in [-0.25, -0.2) is 4.79 Å². The van der Waals surface area contributed by atoms with Gasteiger partial charge < -0.3 is 20.3 Å². The van der Waals surface area contributed by atoms with Gasteiger partial charge in [-0.05, 0) is 48.9 Å². The van der Waals surface area contributed by atoms with Crippen LogP contribution in [0.1, 0.15) is 29.5 Å². The van der Waals surface area contributed by atoms with Crippen LogP contribution in [0.5, 0.6) is 0 Å². The minimum Gasteiger partial charge on any atom is -0.465 e. The number of carbonyl (C=O) groups excluding carboxylic acids is 2. The first-order valence-corrected chi connectivity index (χ1v) is 10.1. The standard InChI is InChI=1S/C21H23Cl2N3O3/c1-3-29-20(27)10-24-21(28)25-19-7-5-4-6-14(19)16-11-26(2)12-17-15(16)8-13(22)9-18(17)23/h4-9,16H,3,10-12H2,1-2H3,(H2,24,25,28)/t16-/m1/s1. The lowest BCUT2D eigenvalue weighted by molar-refractivity contribution is -0.141. The van der Waals surface area contributed by atoms with Gasteiger partial charge in [-0.3, -0.25) is 4.79 Å². The van der Waals surface area contributed by atoms with Crippen molar-refractivity contribution < 1.29 is 14.3 Å². The van der Waals surface area contributed by atoms with E-state index in [1.165, 1.54) is 0 Å². The number of benzene rings is 2. The summed E-state index contributed by atoms with van der Waals surface area (Å²) in [5, 5.41) is 6.58. The number of rotatable bonds is 5. The Labute approximate surface area is 180 Å². The topological polar surface area (TPSA) is 70.7 Å². The van der Waals surface area contributed by atoms with Crippen LogP contribution >= 0.6 is 23.2 Å². The van der Waals surface area contributed by atoms with Crippen molar-refractivity contribution in [3.05, 3.63) is 63.1 Å². The second-order valence-corrected chi connectivity index (χ2v) is 7.75. The highest BCUT2D eigenvalue weighted by Crippen LogP contribution is 2.40. The van der Waals surface area contributed by atoms with Crippen molar-refractivity contribution in [1.82, 2.24) is 10.2 Å². The van der Waals surface area contributed by atoms with Crippen LogP contribution in [0.4, 0.5) is 10.5 Å². The summed E-state index contributed by atoms with van der Waals surface area (Å²) in [4.78, 5) is 25.9. The molecule has 1 heterocycles. The number of amides is 2. The number of hydrogen-bond acceptors (Lipinski definition) is 4. The van der Waals surface area contributed by atoms with Crippen LogP contribution < -0.4 is 10.6 Å². The highest BCUT2D eigenvalue weighted by Gasteiger charge is 2.28. The normalized spacial score (nSPS) is 16.1. The van der Waals surface area contributed by atoms with Crippen molar-refractivity contribution in [3.63, 3.8) is 0 Å². The zero-order valence-corrected chi connectivity index (χ0v) is 17.8. The second kappa shape index (κ2) is 9.48. The fourth-order valence-corrected chi connectivity index (χ4v) is 4.13. The summed E-state index contributed by atoms with van der Waals surface area (Å²) in [6, 6.07) is 10.8. The maximum Gasteiger partial charge on any atom is 0.325 e. The molecule has 1 aliphatic heterocycles. The number of anilines is 1. The van der Waals surface area contributed by atoms with Crippen LogP contribution in [-0.2, 0) is 16.1 Å². The molecule has 0 spiro atoms. The van der Waals surface area contributed by atoms with Gasteiger partial charge in [0.15, 0.2) is 0 Å². The molecule has 2 amide bonds. The third-order valence-corrected chi connectivity index (χ3v) is 5.33. The first kappa shape index (κ1) is 21.4. The van der Waals surface area contributed by atoms with Gasteiger partial charge in [0.2, 0.25) is 0 Å². The van der Waals surface area contributed by atoms with Gasteiger partial charge in [0.25, 0.3) is 0 Å². The number of likely N-dealkylation sites (N-methyl/N-ethyl adjacent to an activating group) is 1. The van der Waals surface area contributed by atoms with Gasteiger partial charge in [0.1, 0.15) is 6.54 Å². The van der Waals surface area contributed by atoms with E-state index in [0.29, 0.717) is 15.7 Å². The number of urea groups is 1. The van der Waals surface area contributed by atoms with Gasteiger partial charge in [0, 0.05) is 34.7 Å². The van der Waals surface area contributed by atoms with Crippen molar-refractivity contribution in [1.29, 1.82) is 0 Å². The summed E-state index contributed by atoms with van der Waals surface area (Å²) in [5.41, 5.74) is 3.71. The highest BCUT2D eigenvalue weighted by molar-refractivity contribution is 6.35. The lowest BCUT2D eigenvalue weighted by Gasteiger charge is -2.34. The van der Waals surface area contributed by atoms with Gasteiger partial charge in [0.05, 0.1) is 6.61 Å². The minimum absolute atomic E-state index is 0.0125. The summed E-state index contributed by atoms with van der Waals surface area (Å²) in [7, 11) is 2.03. The van der Waals surface area contributed by atoms with Gasteiger partial charge in [-0.15, -0.1) is 0 Å². The van der Waals surface area contributed by atoms with E-state index in [1.807, 2.05) is 37.4 Å². The van der Waals surface area contributed by atoms with E-state index in [1.54, 1.807) is 13.0 Å². The highest BCUT2D eigenvalue weighted by atomic mass is 35.5. The molecular formula is C21H23Cl2N3O3. The van der Waals surface area contributed by atoms with E-state index >= 15 is 0 Å². The Bertz CT molecular complexity index is 920. The molecule has 2 N–H and O–H groups in total. The quantitative estimate of drug-likeness (QED) is 0.688. The van der Waals surface area contributed by atoms with Crippen LogP contribution in [0.3, 0.4) is 0 Å². The number of hydrogen-bond donors (Lipinski definition) is 2. The summed E-state index contributed by atoms with van der Waals surface area (Å²) in [6.07, 6.45) is 0. The fraction of sp³-hybridized carbons (Fsp3) is 0.333. The molecule has 2 aromatic carbocycles. The van der Waals surface area contributed by atoms with E-state index in [9.17, 15) is 9.59 Å². The monoisotopic (exact) mass is 435 g/mol. The first-order chi connectivity index (χ1) is 13.9. The summed E-state index contributed by atoms with van der Waals surface area (Å²) in [6.45, 7) is 3.28. The van der Waals surface area contributed by atoms with E-state index in [4.69, 9.17) is 27.9 Å². The third-order valence-electron chi connectivity index (χ3n) is 4.78. The van der Waals surface area contributed by atoms with Crippen LogP contribution in [0.15, 0.2) is 36.4 Å². The van der Waals surface area contributed by atoms with Crippen LogP contribution in [0.25, 0.3) is 0 Å². The van der Waals surface area contributed by atoms with Crippen LogP contribution in [0, 0.1) is 0 Å². The Kier molecular flexibility index (Phi) is 7.00. The molecule has 1 aliphatic rings. The Morgan fingerprint density at radius 2 is 1.97 bits per heavy atom. The number of ether oxygens (including phenoxy) is 1. The van der Waals surface area contributed by atoms with Gasteiger partial charge in [-0.1, -0.05) is 41.4 Å². The van der Waals surface area contributed by atoms with Crippen molar-refractivity contribution in [2.24, 2.45) is 0 Å². The number of nitrogens with one attached hydrogen (secondary N) is 2. The Morgan fingerprint density at radius 3 is 2.72 bits per heavy atom. The van der Waals surface area contributed by atoms with E-state index < -0.39 is 12.0 Å². The molecule has 2 aromatic rings. The van der Waals surface area contributed by atoms with Crippen molar-refractivity contribution in [3.8, 4) is 0 Å². The molecule has 0 fully saturated rings. The molecular weight excluding hydrogens is 413 g/mol. The summed E-state index contributed by atoms with van der Waals surface area (Å²) < 4.78 is 4.82. The van der Waals surface area contributed by atoms with E-state index in [-0.39, 0.29) is 19.1 Å². The SMILES string of the molecule is CCOC(=O)CNC(=O)Nc1ccccc1[C@H]1CN(C)Cc2c(Cl)cc(Cl)cc21. The summed E-state index contributed by atoms with van der Waals surface area (Å²) in [5.74, 6) is -0.496. The second-order valence-electron chi connectivity index (χ2n) is 6.90. The van der Waals surface area contributed by atoms with Crippen molar-refractivity contribution >= 4 is 40.9 Å². The Balaban J connectivity index is 1.86. The molecule has 0 aromatic heterocycles. The number of para-hydroxylation sites is 1. The molecule has 6 nitrogen and oxygen atoms in total. The lowest BCUT2D eigenvalue weighted by atomic mass is 9.84. The zero-order chi connectivity index (χ0) is 21.0. The fourth-order valence-electron chi connectivity index (χ4n) is 3.56. The van der Waals surface area contributed by atoms with Crippen molar-refractivity contribution in [2.45, 2.75) is 19.4 Å². The number of nitrogens with zero attached hydrogens (tertiary/aromatic N) is 1. The predicted octanol–water partition coefficient (Wildman–Crippen LogP) is 4.26. The maximum atomic E-state index is 12.3. The minimum atomic E-state index is -0.483. The number of fused-ring (bicyclic) bond motifs is 1. The zero-order valence-electron chi connectivity index (χ0n) is 16.3. The van der Waals surface area contributed by atoms with E-state index in [2.05, 4.69) is 15.5 Å². The van der Waals surface area contributed by atoms with Crippen LogP contribution in [0.2, 0.25) is 10.0 Å². The molecule has 8 heteroatoms. The first-order valence-electron chi connectivity index (χ1n) is 9.34. The van der Waals surface area contributed by atoms with Crippen LogP contribution in [-0.4, -0.2) is 43.6 Å². The molecule has 0 unspecified atom stereocenters. The lowest BCUT2D eigenvalue weighted by Crippen LogP contribution is -2.35. The predicted molar refractivity (Wildman–Crippen MR) is 115 cm³/mol. The van der Waals surface area contributed by atoms with E-state index in [0.717, 1.165) is 29.8 Å². The number of halogens is 2. The average molecular weight is 436 g/mol.